The number of hydrogen-bond donors (Lipinski definition) is 1. The molecule has 3 aliphatic rings. The standard InChI is InChI=1S/C27H37N5O3/c1-20-17-29(2)26-25(20)32(23-10-5-4-9-22(23)28-27(26)34)24(33)11-8-14-31-15-16-35-19-21(31)18-30-12-6-3-7-13-30/h4-5,9-10,17,21H,3,6-8,11-16,18-19H2,1-2H3,(H,28,34). The molecule has 1 atom stereocenters. The number of aryl methyl sites for hydroxylation is 2. The van der Waals surface area contributed by atoms with Gasteiger partial charge in [0.2, 0.25) is 5.91 Å². The Morgan fingerprint density at radius 1 is 1.14 bits per heavy atom. The van der Waals surface area contributed by atoms with Crippen LogP contribution >= 0.6 is 0 Å². The Morgan fingerprint density at radius 2 is 1.94 bits per heavy atom. The predicted molar refractivity (Wildman–Crippen MR) is 137 cm³/mol. The molecule has 2 saturated heterocycles. The Kier molecular flexibility index (Phi) is 7.22. The molecule has 1 aromatic heterocycles. The zero-order valence-electron chi connectivity index (χ0n) is 21.0. The van der Waals surface area contributed by atoms with Gasteiger partial charge in [-0.1, -0.05) is 18.6 Å². The zero-order valence-corrected chi connectivity index (χ0v) is 21.0. The highest BCUT2D eigenvalue weighted by Gasteiger charge is 2.33. The topological polar surface area (TPSA) is 70.1 Å². The first-order valence-corrected chi connectivity index (χ1v) is 13.0. The van der Waals surface area contributed by atoms with Crippen molar-refractivity contribution in [3.8, 4) is 0 Å². The predicted octanol–water partition coefficient (Wildman–Crippen LogP) is 3.53. The van der Waals surface area contributed by atoms with E-state index in [4.69, 9.17) is 4.74 Å². The normalized spacial score (nSPS) is 21.3. The van der Waals surface area contributed by atoms with E-state index >= 15 is 0 Å². The maximum Gasteiger partial charge on any atom is 0.274 e. The molecule has 3 aliphatic heterocycles. The number of benzene rings is 1. The van der Waals surface area contributed by atoms with Crippen LogP contribution in [-0.4, -0.2) is 78.2 Å². The van der Waals surface area contributed by atoms with Gasteiger partial charge in [0.05, 0.1) is 30.3 Å². The van der Waals surface area contributed by atoms with Gasteiger partial charge >= 0.3 is 0 Å². The minimum absolute atomic E-state index is 0.0188. The minimum Gasteiger partial charge on any atom is -0.378 e. The number of aromatic nitrogens is 1. The summed E-state index contributed by atoms with van der Waals surface area (Å²) in [5, 5.41) is 2.99. The first-order valence-electron chi connectivity index (χ1n) is 13.0. The number of carbonyl (C=O) groups excluding carboxylic acids is 2. The Hall–Kier alpha value is -2.68. The molecule has 1 aromatic carbocycles. The number of hydrogen-bond acceptors (Lipinski definition) is 5. The van der Waals surface area contributed by atoms with Crippen LogP contribution in [0.25, 0.3) is 0 Å². The third-order valence-corrected chi connectivity index (χ3v) is 7.52. The summed E-state index contributed by atoms with van der Waals surface area (Å²) in [6.45, 7) is 8.69. The van der Waals surface area contributed by atoms with Gasteiger partial charge in [0.15, 0.2) is 0 Å². The number of para-hydroxylation sites is 2. The van der Waals surface area contributed by atoms with Gasteiger partial charge in [-0.25, -0.2) is 0 Å². The van der Waals surface area contributed by atoms with Gasteiger partial charge in [-0.3, -0.25) is 19.4 Å². The average Bonchev–Trinajstić information content (AvgIpc) is 3.07. The van der Waals surface area contributed by atoms with E-state index in [0.29, 0.717) is 29.5 Å². The largest absolute Gasteiger partial charge is 0.378 e. The van der Waals surface area contributed by atoms with Crippen molar-refractivity contribution in [2.24, 2.45) is 7.05 Å². The van der Waals surface area contributed by atoms with Gasteiger partial charge in [-0.2, -0.15) is 0 Å². The fourth-order valence-electron chi connectivity index (χ4n) is 5.79. The van der Waals surface area contributed by atoms with Gasteiger partial charge in [0, 0.05) is 38.8 Å². The summed E-state index contributed by atoms with van der Waals surface area (Å²) >= 11 is 0. The smallest absolute Gasteiger partial charge is 0.274 e. The summed E-state index contributed by atoms with van der Waals surface area (Å²) in [5.74, 6) is -0.169. The molecule has 2 fully saturated rings. The van der Waals surface area contributed by atoms with Crippen LogP contribution in [0.5, 0.6) is 0 Å². The van der Waals surface area contributed by atoms with E-state index in [2.05, 4.69) is 15.1 Å². The molecule has 1 N–H and O–H groups in total. The number of ether oxygens (including phenoxy) is 1. The van der Waals surface area contributed by atoms with Crippen molar-refractivity contribution in [1.82, 2.24) is 14.4 Å². The second kappa shape index (κ2) is 10.5. The third kappa shape index (κ3) is 5.01. The number of carbonyl (C=O) groups is 2. The quantitative estimate of drug-likeness (QED) is 0.687. The summed E-state index contributed by atoms with van der Waals surface area (Å²) in [6, 6.07) is 7.94. The van der Waals surface area contributed by atoms with E-state index in [0.717, 1.165) is 50.5 Å². The highest BCUT2D eigenvalue weighted by Crippen LogP contribution is 2.40. The lowest BCUT2D eigenvalue weighted by atomic mass is 10.1. The molecular formula is C27H37N5O3. The maximum atomic E-state index is 13.7. The molecule has 188 valence electrons. The molecule has 0 spiro atoms. The van der Waals surface area contributed by atoms with Crippen molar-refractivity contribution in [1.29, 1.82) is 0 Å². The minimum atomic E-state index is -0.188. The molecule has 1 unspecified atom stereocenters. The second-order valence-electron chi connectivity index (χ2n) is 10.1. The number of fused-ring (bicyclic) bond motifs is 2. The molecular weight excluding hydrogens is 442 g/mol. The van der Waals surface area contributed by atoms with Crippen LogP contribution in [0.15, 0.2) is 30.5 Å². The molecule has 0 saturated carbocycles. The van der Waals surface area contributed by atoms with Crippen molar-refractivity contribution in [3.63, 3.8) is 0 Å². The molecule has 0 aliphatic carbocycles. The molecule has 8 nitrogen and oxygen atoms in total. The van der Waals surface area contributed by atoms with E-state index in [1.807, 2.05) is 49.0 Å². The zero-order chi connectivity index (χ0) is 24.4. The van der Waals surface area contributed by atoms with E-state index in [9.17, 15) is 9.59 Å². The lowest BCUT2D eigenvalue weighted by Crippen LogP contribution is -2.52. The summed E-state index contributed by atoms with van der Waals surface area (Å²) < 4.78 is 7.62. The molecule has 35 heavy (non-hydrogen) atoms. The van der Waals surface area contributed by atoms with Crippen LogP contribution in [0.3, 0.4) is 0 Å². The van der Waals surface area contributed by atoms with Crippen LogP contribution in [0, 0.1) is 6.92 Å². The monoisotopic (exact) mass is 479 g/mol. The fraction of sp³-hybridized carbons (Fsp3) is 0.556. The van der Waals surface area contributed by atoms with E-state index in [1.54, 1.807) is 4.90 Å². The lowest BCUT2D eigenvalue weighted by molar-refractivity contribution is -0.118. The number of amides is 2. The van der Waals surface area contributed by atoms with Crippen LogP contribution in [0.4, 0.5) is 17.1 Å². The van der Waals surface area contributed by atoms with E-state index in [1.165, 1.54) is 32.4 Å². The van der Waals surface area contributed by atoms with Crippen LogP contribution in [-0.2, 0) is 16.6 Å². The molecule has 5 rings (SSSR count). The third-order valence-electron chi connectivity index (χ3n) is 7.52. The maximum absolute atomic E-state index is 13.7. The Bertz CT molecular complexity index is 1070. The SMILES string of the molecule is Cc1cn(C)c2c1N(C(=O)CCCN1CCOCC1CN1CCCCC1)c1ccccc1NC2=O. The number of nitrogens with one attached hydrogen (secondary N) is 1. The van der Waals surface area contributed by atoms with Crippen molar-refractivity contribution in [2.45, 2.75) is 45.1 Å². The number of piperidine rings is 1. The highest BCUT2D eigenvalue weighted by atomic mass is 16.5. The molecule has 4 heterocycles. The molecule has 2 amide bonds. The number of nitrogens with zero attached hydrogens (tertiary/aromatic N) is 4. The summed E-state index contributed by atoms with van der Waals surface area (Å²) in [6.07, 6.45) is 7.03. The van der Waals surface area contributed by atoms with Crippen LogP contribution < -0.4 is 10.2 Å². The van der Waals surface area contributed by atoms with Gasteiger partial charge in [0.25, 0.3) is 5.91 Å². The van der Waals surface area contributed by atoms with Crippen LogP contribution in [0.2, 0.25) is 0 Å². The van der Waals surface area contributed by atoms with Crippen molar-refractivity contribution in [2.75, 3.05) is 56.2 Å². The molecule has 2 aromatic rings. The number of morpholine rings is 1. The summed E-state index contributed by atoms with van der Waals surface area (Å²) in [7, 11) is 1.85. The molecule has 0 radical (unpaired) electrons. The lowest BCUT2D eigenvalue weighted by Gasteiger charge is -2.39. The van der Waals surface area contributed by atoms with Crippen LogP contribution in [0.1, 0.15) is 48.2 Å². The van der Waals surface area contributed by atoms with Gasteiger partial charge in [0.1, 0.15) is 5.69 Å². The number of likely N-dealkylation sites (tertiary alicyclic amines) is 1. The Morgan fingerprint density at radius 3 is 2.77 bits per heavy atom. The van der Waals surface area contributed by atoms with Gasteiger partial charge in [-0.15, -0.1) is 0 Å². The van der Waals surface area contributed by atoms with E-state index in [-0.39, 0.29) is 11.8 Å². The summed E-state index contributed by atoms with van der Waals surface area (Å²) in [5.41, 5.74) is 3.51. The second-order valence-corrected chi connectivity index (χ2v) is 10.1. The first kappa shape index (κ1) is 24.0. The first-order chi connectivity index (χ1) is 17.0. The fourth-order valence-corrected chi connectivity index (χ4v) is 5.79. The Labute approximate surface area is 207 Å². The number of rotatable bonds is 6. The van der Waals surface area contributed by atoms with E-state index < -0.39 is 0 Å². The number of anilines is 3. The van der Waals surface area contributed by atoms with Crippen molar-refractivity contribution >= 4 is 28.9 Å². The summed E-state index contributed by atoms with van der Waals surface area (Å²) in [4.78, 5) is 33.5. The Balaban J connectivity index is 1.30. The molecule has 0 bridgehead atoms. The average molecular weight is 480 g/mol. The van der Waals surface area contributed by atoms with Gasteiger partial charge in [-0.05, 0) is 63.5 Å². The highest BCUT2D eigenvalue weighted by molar-refractivity contribution is 6.17. The molecule has 8 heteroatoms. The van der Waals surface area contributed by atoms with Crippen molar-refractivity contribution < 1.29 is 14.3 Å². The van der Waals surface area contributed by atoms with Crippen molar-refractivity contribution in [3.05, 3.63) is 41.7 Å². The van der Waals surface area contributed by atoms with Gasteiger partial charge < -0.3 is 19.5 Å².